The first kappa shape index (κ1) is 12.0. The summed E-state index contributed by atoms with van der Waals surface area (Å²) in [6.45, 7) is 0.958. The van der Waals surface area contributed by atoms with Crippen LogP contribution in [-0.4, -0.2) is 33.9 Å². The molecule has 0 bridgehead atoms. The minimum atomic E-state index is 0.452. The number of hydrogen-bond donors (Lipinski definition) is 2. The van der Waals surface area contributed by atoms with Gasteiger partial charge in [-0.3, -0.25) is 0 Å². The zero-order valence-corrected chi connectivity index (χ0v) is 10.7. The van der Waals surface area contributed by atoms with E-state index in [-0.39, 0.29) is 0 Å². The molecule has 0 amide bonds. The number of fused-ring (bicyclic) bond motifs is 1. The Morgan fingerprint density at radius 1 is 1.29 bits per heavy atom. The third-order valence-electron chi connectivity index (χ3n) is 3.21. The van der Waals surface area contributed by atoms with E-state index >= 15 is 0 Å². The van der Waals surface area contributed by atoms with Gasteiger partial charge in [0.25, 0.3) is 0 Å². The number of likely N-dealkylation sites (N-methyl/N-ethyl adjacent to an activating group) is 1. The van der Waals surface area contributed by atoms with Crippen molar-refractivity contribution in [2.75, 3.05) is 33.1 Å². The van der Waals surface area contributed by atoms with Gasteiger partial charge in [0.2, 0.25) is 0 Å². The van der Waals surface area contributed by atoms with Gasteiger partial charge in [-0.25, -0.2) is 0 Å². The summed E-state index contributed by atoms with van der Waals surface area (Å²) in [4.78, 5) is 0. The van der Waals surface area contributed by atoms with Gasteiger partial charge in [0, 0.05) is 18.2 Å². The van der Waals surface area contributed by atoms with Gasteiger partial charge < -0.3 is 20.1 Å². The molecule has 1 atom stereocenters. The SMILES string of the molecule is CNCC1CCc2c(OC)ccc(OC)c2N1. The Morgan fingerprint density at radius 2 is 2.00 bits per heavy atom. The normalized spacial score (nSPS) is 18.2. The average molecular weight is 236 g/mol. The fraction of sp³-hybridized carbons (Fsp3) is 0.538. The summed E-state index contributed by atoms with van der Waals surface area (Å²) in [5.41, 5.74) is 2.30. The van der Waals surface area contributed by atoms with E-state index in [0.717, 1.165) is 36.6 Å². The van der Waals surface area contributed by atoms with Crippen molar-refractivity contribution in [2.45, 2.75) is 18.9 Å². The monoisotopic (exact) mass is 236 g/mol. The molecule has 17 heavy (non-hydrogen) atoms. The van der Waals surface area contributed by atoms with E-state index in [1.807, 2.05) is 19.2 Å². The largest absolute Gasteiger partial charge is 0.496 e. The van der Waals surface area contributed by atoms with Gasteiger partial charge in [0.15, 0.2) is 0 Å². The Balaban J connectivity index is 2.33. The van der Waals surface area contributed by atoms with Crippen LogP contribution in [0.2, 0.25) is 0 Å². The molecule has 2 N–H and O–H groups in total. The molecule has 2 rings (SSSR count). The summed E-state index contributed by atoms with van der Waals surface area (Å²) >= 11 is 0. The predicted molar refractivity (Wildman–Crippen MR) is 69.2 cm³/mol. The Kier molecular flexibility index (Phi) is 3.74. The van der Waals surface area contributed by atoms with Crippen LogP contribution in [0.4, 0.5) is 5.69 Å². The van der Waals surface area contributed by atoms with Crippen LogP contribution in [0.15, 0.2) is 12.1 Å². The van der Waals surface area contributed by atoms with Crippen molar-refractivity contribution in [3.63, 3.8) is 0 Å². The topological polar surface area (TPSA) is 42.5 Å². The van der Waals surface area contributed by atoms with Crippen LogP contribution in [0.3, 0.4) is 0 Å². The van der Waals surface area contributed by atoms with Crippen LogP contribution in [-0.2, 0) is 6.42 Å². The molecule has 1 aliphatic heterocycles. The van der Waals surface area contributed by atoms with Crippen molar-refractivity contribution in [1.82, 2.24) is 5.32 Å². The highest BCUT2D eigenvalue weighted by Gasteiger charge is 2.23. The third-order valence-corrected chi connectivity index (χ3v) is 3.21. The standard InChI is InChI=1S/C13H20N2O2/c1-14-8-9-4-5-10-11(16-2)6-7-12(17-3)13(10)15-9/h6-7,9,14-15H,4-5,8H2,1-3H3. The fourth-order valence-corrected chi connectivity index (χ4v) is 2.37. The average Bonchev–Trinajstić information content (AvgIpc) is 2.37. The predicted octanol–water partition coefficient (Wildman–Crippen LogP) is 1.65. The van der Waals surface area contributed by atoms with Crippen LogP contribution in [0, 0.1) is 0 Å². The highest BCUT2D eigenvalue weighted by atomic mass is 16.5. The molecule has 0 radical (unpaired) electrons. The van der Waals surface area contributed by atoms with Gasteiger partial charge >= 0.3 is 0 Å². The molecular weight excluding hydrogens is 216 g/mol. The van der Waals surface area contributed by atoms with E-state index in [9.17, 15) is 0 Å². The van der Waals surface area contributed by atoms with Crippen molar-refractivity contribution in [3.05, 3.63) is 17.7 Å². The summed E-state index contributed by atoms with van der Waals surface area (Å²) in [7, 11) is 5.38. The lowest BCUT2D eigenvalue weighted by atomic mass is 9.96. The fourth-order valence-electron chi connectivity index (χ4n) is 2.37. The number of nitrogens with one attached hydrogen (secondary N) is 2. The molecule has 0 aromatic heterocycles. The van der Waals surface area contributed by atoms with E-state index in [4.69, 9.17) is 9.47 Å². The first-order valence-electron chi connectivity index (χ1n) is 5.95. The van der Waals surface area contributed by atoms with Crippen LogP contribution in [0.1, 0.15) is 12.0 Å². The second-order valence-corrected chi connectivity index (χ2v) is 4.26. The molecule has 1 aliphatic rings. The van der Waals surface area contributed by atoms with Gasteiger partial charge in [-0.05, 0) is 32.0 Å². The third kappa shape index (κ3) is 2.31. The lowest BCUT2D eigenvalue weighted by Gasteiger charge is -2.29. The number of benzene rings is 1. The smallest absolute Gasteiger partial charge is 0.142 e. The minimum Gasteiger partial charge on any atom is -0.496 e. The van der Waals surface area contributed by atoms with Gasteiger partial charge in [-0.1, -0.05) is 0 Å². The second-order valence-electron chi connectivity index (χ2n) is 4.26. The Morgan fingerprint density at radius 3 is 2.65 bits per heavy atom. The molecule has 0 saturated carbocycles. The molecule has 4 heteroatoms. The van der Waals surface area contributed by atoms with Gasteiger partial charge in [0.1, 0.15) is 11.5 Å². The Labute approximate surface area is 102 Å². The summed E-state index contributed by atoms with van der Waals surface area (Å²) < 4.78 is 10.8. The minimum absolute atomic E-state index is 0.452. The number of methoxy groups -OCH3 is 2. The second kappa shape index (κ2) is 5.27. The summed E-state index contributed by atoms with van der Waals surface area (Å²) in [5, 5.41) is 6.72. The Hall–Kier alpha value is -1.42. The van der Waals surface area contributed by atoms with Crippen molar-refractivity contribution in [3.8, 4) is 11.5 Å². The highest BCUT2D eigenvalue weighted by Crippen LogP contribution is 2.39. The quantitative estimate of drug-likeness (QED) is 0.834. The van der Waals surface area contributed by atoms with E-state index in [1.54, 1.807) is 14.2 Å². The number of ether oxygens (including phenoxy) is 2. The van der Waals surface area contributed by atoms with Crippen molar-refractivity contribution < 1.29 is 9.47 Å². The molecule has 1 heterocycles. The maximum Gasteiger partial charge on any atom is 0.142 e. The van der Waals surface area contributed by atoms with E-state index in [0.29, 0.717) is 6.04 Å². The molecule has 0 saturated heterocycles. The van der Waals surface area contributed by atoms with Crippen molar-refractivity contribution in [1.29, 1.82) is 0 Å². The van der Waals surface area contributed by atoms with Crippen LogP contribution in [0.5, 0.6) is 11.5 Å². The molecule has 1 unspecified atom stereocenters. The van der Waals surface area contributed by atoms with Gasteiger partial charge in [0.05, 0.1) is 19.9 Å². The number of hydrogen-bond acceptors (Lipinski definition) is 4. The molecule has 0 fully saturated rings. The van der Waals surface area contributed by atoms with E-state index in [1.165, 1.54) is 5.56 Å². The van der Waals surface area contributed by atoms with Crippen molar-refractivity contribution >= 4 is 5.69 Å². The molecule has 1 aromatic carbocycles. The molecule has 4 nitrogen and oxygen atoms in total. The summed E-state index contributed by atoms with van der Waals surface area (Å²) in [6.07, 6.45) is 2.13. The molecule has 0 spiro atoms. The lowest BCUT2D eigenvalue weighted by Crippen LogP contribution is -2.34. The number of anilines is 1. The summed E-state index contributed by atoms with van der Waals surface area (Å²) in [6, 6.07) is 4.37. The molecule has 94 valence electrons. The van der Waals surface area contributed by atoms with Crippen LogP contribution >= 0.6 is 0 Å². The summed E-state index contributed by atoms with van der Waals surface area (Å²) in [5.74, 6) is 1.83. The maximum absolute atomic E-state index is 5.40. The van der Waals surface area contributed by atoms with Crippen LogP contribution in [0.25, 0.3) is 0 Å². The first-order valence-corrected chi connectivity index (χ1v) is 5.95. The van der Waals surface area contributed by atoms with Crippen LogP contribution < -0.4 is 20.1 Å². The van der Waals surface area contributed by atoms with E-state index < -0.39 is 0 Å². The zero-order valence-electron chi connectivity index (χ0n) is 10.7. The first-order chi connectivity index (χ1) is 8.30. The molecular formula is C13H20N2O2. The zero-order chi connectivity index (χ0) is 12.3. The van der Waals surface area contributed by atoms with E-state index in [2.05, 4.69) is 10.6 Å². The molecule has 0 aliphatic carbocycles. The van der Waals surface area contributed by atoms with Gasteiger partial charge in [-0.15, -0.1) is 0 Å². The lowest BCUT2D eigenvalue weighted by molar-refractivity contribution is 0.395. The highest BCUT2D eigenvalue weighted by molar-refractivity contribution is 5.68. The maximum atomic E-state index is 5.40. The number of rotatable bonds is 4. The Bertz CT molecular complexity index is 393. The molecule has 1 aromatic rings. The van der Waals surface area contributed by atoms with Crippen molar-refractivity contribution in [2.24, 2.45) is 0 Å². The van der Waals surface area contributed by atoms with Gasteiger partial charge in [-0.2, -0.15) is 0 Å².